The van der Waals surface area contributed by atoms with Gasteiger partial charge in [0.2, 0.25) is 11.8 Å². The molecular weight excluding hydrogens is 460 g/mol. The Morgan fingerprint density at radius 2 is 1.92 bits per heavy atom. The summed E-state index contributed by atoms with van der Waals surface area (Å²) in [7, 11) is 0. The van der Waals surface area contributed by atoms with Crippen LogP contribution in [0.2, 0.25) is 0 Å². The first kappa shape index (κ1) is 26.9. The molecule has 8 nitrogen and oxygen atoms in total. The Hall–Kier alpha value is -2.19. The van der Waals surface area contributed by atoms with Crippen LogP contribution in [-0.2, 0) is 23.9 Å². The van der Waals surface area contributed by atoms with Crippen LogP contribution in [0.5, 0.6) is 0 Å². The highest BCUT2D eigenvalue weighted by Gasteiger charge is 2.75. The Labute approximate surface area is 214 Å². The highest BCUT2D eigenvalue weighted by atomic mass is 16.6. The largest absolute Gasteiger partial charge is 0.465 e. The first-order chi connectivity index (χ1) is 17.5. The van der Waals surface area contributed by atoms with E-state index in [1.54, 1.807) is 17.1 Å². The number of ether oxygens (including phenoxy) is 2. The first-order valence-corrected chi connectivity index (χ1v) is 13.8. The van der Waals surface area contributed by atoms with Gasteiger partial charge < -0.3 is 24.4 Å². The molecule has 1 spiro atoms. The number of aliphatic hydroxyl groups excluding tert-OH is 1. The molecular formula is C28H42N2O6. The Bertz CT molecular complexity index is 840. The van der Waals surface area contributed by atoms with Crippen LogP contribution in [0.4, 0.5) is 0 Å². The molecule has 4 rings (SSSR count). The van der Waals surface area contributed by atoms with E-state index in [4.69, 9.17) is 9.47 Å². The number of hydrogen-bond donors (Lipinski definition) is 1. The molecule has 0 aromatic heterocycles. The van der Waals surface area contributed by atoms with Crippen LogP contribution in [0.25, 0.3) is 0 Å². The van der Waals surface area contributed by atoms with E-state index in [2.05, 4.69) is 13.2 Å². The van der Waals surface area contributed by atoms with Crippen molar-refractivity contribution < 1.29 is 29.0 Å². The molecule has 3 saturated heterocycles. The highest BCUT2D eigenvalue weighted by molar-refractivity contribution is 5.98. The van der Waals surface area contributed by atoms with Crippen molar-refractivity contribution in [2.75, 3.05) is 26.3 Å². The van der Waals surface area contributed by atoms with Gasteiger partial charge in [-0.15, -0.1) is 13.2 Å². The maximum absolute atomic E-state index is 14.3. The monoisotopic (exact) mass is 502 g/mol. The minimum atomic E-state index is -1.00. The second-order valence-electron chi connectivity index (χ2n) is 10.7. The van der Waals surface area contributed by atoms with Gasteiger partial charge in [-0.25, -0.2) is 0 Å². The topological polar surface area (TPSA) is 96.4 Å². The molecule has 4 aliphatic rings. The third-order valence-electron chi connectivity index (χ3n) is 8.53. The van der Waals surface area contributed by atoms with Crippen molar-refractivity contribution in [3.63, 3.8) is 0 Å². The molecule has 1 N–H and O–H groups in total. The van der Waals surface area contributed by atoms with Gasteiger partial charge >= 0.3 is 5.97 Å². The normalized spacial score (nSPS) is 31.4. The second kappa shape index (κ2) is 11.9. The number of aliphatic hydroxyl groups is 1. The Kier molecular flexibility index (Phi) is 8.88. The van der Waals surface area contributed by atoms with Crippen molar-refractivity contribution >= 4 is 17.8 Å². The molecule has 0 aromatic carbocycles. The molecule has 5 atom stereocenters. The molecule has 8 heteroatoms. The van der Waals surface area contributed by atoms with Crippen molar-refractivity contribution in [3.05, 3.63) is 25.3 Å². The molecule has 2 bridgehead atoms. The molecule has 4 fully saturated rings. The number of unbranched alkanes of at least 4 members (excludes halogenated alkanes) is 2. The van der Waals surface area contributed by atoms with E-state index in [1.165, 1.54) is 6.42 Å². The zero-order valence-electron chi connectivity index (χ0n) is 21.4. The lowest BCUT2D eigenvalue weighted by atomic mass is 9.70. The molecule has 0 aromatic rings. The van der Waals surface area contributed by atoms with Gasteiger partial charge in [-0.1, -0.05) is 31.4 Å². The van der Waals surface area contributed by atoms with E-state index in [0.717, 1.165) is 32.1 Å². The Morgan fingerprint density at radius 1 is 1.14 bits per heavy atom. The maximum Gasteiger partial charge on any atom is 0.312 e. The van der Waals surface area contributed by atoms with Crippen molar-refractivity contribution in [2.24, 2.45) is 11.8 Å². The number of rotatable bonds is 13. The van der Waals surface area contributed by atoms with E-state index < -0.39 is 35.6 Å². The average Bonchev–Trinajstić information content (AvgIpc) is 3.53. The number of nitrogens with zero attached hydrogens (tertiary/aromatic N) is 2. The molecule has 2 unspecified atom stereocenters. The van der Waals surface area contributed by atoms with Crippen LogP contribution >= 0.6 is 0 Å². The van der Waals surface area contributed by atoms with Crippen molar-refractivity contribution in [1.82, 2.24) is 9.80 Å². The molecule has 0 radical (unpaired) electrons. The van der Waals surface area contributed by atoms with E-state index in [9.17, 15) is 19.5 Å². The predicted octanol–water partition coefficient (Wildman–Crippen LogP) is 2.99. The summed E-state index contributed by atoms with van der Waals surface area (Å²) in [6, 6.07) is -0.641. The van der Waals surface area contributed by atoms with Crippen molar-refractivity contribution in [2.45, 2.75) is 94.4 Å². The lowest BCUT2D eigenvalue weighted by Gasteiger charge is -2.40. The van der Waals surface area contributed by atoms with Gasteiger partial charge in [-0.2, -0.15) is 0 Å². The number of carbonyl (C=O) groups excluding carboxylic acids is 3. The van der Waals surface area contributed by atoms with Crippen LogP contribution < -0.4 is 0 Å². The molecule has 2 amide bonds. The summed E-state index contributed by atoms with van der Waals surface area (Å²) in [4.78, 5) is 44.9. The molecule has 200 valence electrons. The van der Waals surface area contributed by atoms with Gasteiger partial charge in [0, 0.05) is 25.7 Å². The minimum absolute atomic E-state index is 0.0259. The summed E-state index contributed by atoms with van der Waals surface area (Å²) in [5.41, 5.74) is -1.00. The third kappa shape index (κ3) is 4.86. The maximum atomic E-state index is 14.3. The lowest BCUT2D eigenvalue weighted by Crippen LogP contribution is -2.58. The fourth-order valence-corrected chi connectivity index (χ4v) is 6.94. The van der Waals surface area contributed by atoms with Crippen LogP contribution in [-0.4, -0.2) is 82.8 Å². The predicted molar refractivity (Wildman–Crippen MR) is 135 cm³/mol. The summed E-state index contributed by atoms with van der Waals surface area (Å²) in [6.45, 7) is 8.67. The van der Waals surface area contributed by atoms with Crippen LogP contribution in [0.15, 0.2) is 25.3 Å². The zero-order valence-corrected chi connectivity index (χ0v) is 21.4. The number of amides is 2. The Balaban J connectivity index is 1.62. The van der Waals surface area contributed by atoms with Gasteiger partial charge in [0.05, 0.1) is 24.5 Å². The van der Waals surface area contributed by atoms with E-state index in [-0.39, 0.29) is 31.1 Å². The van der Waals surface area contributed by atoms with Crippen LogP contribution in [0.3, 0.4) is 0 Å². The summed E-state index contributed by atoms with van der Waals surface area (Å²) in [5, 5.41) is 9.33. The fraction of sp³-hybridized carbons (Fsp3) is 0.750. The van der Waals surface area contributed by atoms with Gasteiger partial charge in [-0.3, -0.25) is 14.4 Å². The smallest absolute Gasteiger partial charge is 0.312 e. The van der Waals surface area contributed by atoms with E-state index >= 15 is 0 Å². The number of esters is 1. The molecule has 1 aliphatic carbocycles. The number of likely N-dealkylation sites (tertiary alicyclic amines) is 1. The average molecular weight is 503 g/mol. The Morgan fingerprint density at radius 3 is 2.61 bits per heavy atom. The van der Waals surface area contributed by atoms with Crippen LogP contribution in [0.1, 0.15) is 70.6 Å². The fourth-order valence-electron chi connectivity index (χ4n) is 6.94. The van der Waals surface area contributed by atoms with Gasteiger partial charge in [0.25, 0.3) is 0 Å². The van der Waals surface area contributed by atoms with Gasteiger partial charge in [0.1, 0.15) is 11.6 Å². The van der Waals surface area contributed by atoms with Crippen molar-refractivity contribution in [1.29, 1.82) is 0 Å². The number of fused-ring (bicyclic) bond motifs is 1. The van der Waals surface area contributed by atoms with Gasteiger partial charge in [-0.05, 0) is 51.4 Å². The SMILES string of the molecule is C=CCCCOC(=O)[C@@H]1[C@H]2C(=O)N(CCCCO)C(C(=O)N(CC=C)C3CCCCC3)C23CC[C@H]1O3. The molecule has 1 saturated carbocycles. The molecule has 36 heavy (non-hydrogen) atoms. The minimum Gasteiger partial charge on any atom is -0.465 e. The third-order valence-corrected chi connectivity index (χ3v) is 8.53. The summed E-state index contributed by atoms with van der Waals surface area (Å²) in [5.74, 6) is -2.08. The number of carbonyl (C=O) groups is 3. The number of allylic oxidation sites excluding steroid dienone is 1. The number of hydrogen-bond acceptors (Lipinski definition) is 6. The first-order valence-electron chi connectivity index (χ1n) is 13.8. The van der Waals surface area contributed by atoms with Crippen LogP contribution in [0, 0.1) is 11.8 Å². The van der Waals surface area contributed by atoms with Gasteiger partial charge in [0.15, 0.2) is 0 Å². The van der Waals surface area contributed by atoms with E-state index in [1.807, 2.05) is 4.90 Å². The quantitative estimate of drug-likeness (QED) is 0.236. The summed E-state index contributed by atoms with van der Waals surface area (Å²) >= 11 is 0. The summed E-state index contributed by atoms with van der Waals surface area (Å²) in [6.07, 6.45) is 12.2. The second-order valence-corrected chi connectivity index (χ2v) is 10.7. The van der Waals surface area contributed by atoms with E-state index in [0.29, 0.717) is 45.2 Å². The molecule has 3 aliphatic heterocycles. The lowest BCUT2D eigenvalue weighted by molar-refractivity contribution is -0.155. The highest BCUT2D eigenvalue weighted by Crippen LogP contribution is 2.59. The van der Waals surface area contributed by atoms with Crippen molar-refractivity contribution in [3.8, 4) is 0 Å². The standard InChI is InChI=1S/C28H42N2O6/c1-3-5-11-19-35-27(34)22-21-14-15-28(36-21)23(22)25(32)30(17-9-10-18-31)24(28)26(33)29(16-4-2)20-12-7-6-8-13-20/h3-4,20-24,31H,1-2,5-19H2/t21-,22+,23+,24?,28?/m1/s1. The molecule has 3 heterocycles. The summed E-state index contributed by atoms with van der Waals surface area (Å²) < 4.78 is 12.1. The zero-order chi connectivity index (χ0) is 25.7.